The molecule has 0 saturated heterocycles. The van der Waals surface area contributed by atoms with E-state index in [2.05, 4.69) is 5.32 Å². The number of nitrogens with one attached hydrogen (secondary N) is 1. The van der Waals surface area contributed by atoms with Gasteiger partial charge in [-0.05, 0) is 13.0 Å². The summed E-state index contributed by atoms with van der Waals surface area (Å²) in [5.41, 5.74) is 5.46. The van der Waals surface area contributed by atoms with E-state index in [1.165, 1.54) is 6.07 Å². The summed E-state index contributed by atoms with van der Waals surface area (Å²) in [5.74, 6) is -0.944. The van der Waals surface area contributed by atoms with Crippen molar-refractivity contribution in [3.63, 3.8) is 0 Å². The topological polar surface area (TPSA) is 55.1 Å². The summed E-state index contributed by atoms with van der Waals surface area (Å²) in [6, 6.07) is 4.22. The molecule has 0 heterocycles. The Morgan fingerprint density at radius 3 is 2.93 bits per heavy atom. The quantitative estimate of drug-likeness (QED) is 0.823. The van der Waals surface area contributed by atoms with Gasteiger partial charge in [0.2, 0.25) is 5.91 Å². The number of benzene rings is 1. The number of nitrogens with two attached hydrogens (primary N) is 1. The second-order valence-electron chi connectivity index (χ2n) is 3.22. The minimum atomic E-state index is -0.497. The van der Waals surface area contributed by atoms with Crippen molar-refractivity contribution < 1.29 is 9.18 Å². The fourth-order valence-corrected chi connectivity index (χ4v) is 1.24. The third kappa shape index (κ3) is 3.18. The molecule has 0 bridgehead atoms. The highest BCUT2D eigenvalue weighted by molar-refractivity contribution is 6.30. The number of rotatable bonds is 4. The van der Waals surface area contributed by atoms with Crippen molar-refractivity contribution in [1.82, 2.24) is 5.32 Å². The molecule has 0 unspecified atom stereocenters. The third-order valence-electron chi connectivity index (χ3n) is 2.06. The highest BCUT2D eigenvalue weighted by Crippen LogP contribution is 2.17. The van der Waals surface area contributed by atoms with E-state index < -0.39 is 17.8 Å². The fraction of sp³-hybridized carbons (Fsp3) is 0.300. The average molecular weight is 231 g/mol. The summed E-state index contributed by atoms with van der Waals surface area (Å²) in [6.45, 7) is 1.83. The van der Waals surface area contributed by atoms with E-state index >= 15 is 0 Å². The van der Waals surface area contributed by atoms with Gasteiger partial charge in [-0.2, -0.15) is 0 Å². The van der Waals surface area contributed by atoms with Crippen LogP contribution in [-0.2, 0) is 11.3 Å². The van der Waals surface area contributed by atoms with Crippen LogP contribution in [-0.4, -0.2) is 11.9 Å². The second kappa shape index (κ2) is 5.09. The minimum Gasteiger partial charge on any atom is -0.368 e. The molecule has 0 fully saturated rings. The van der Waals surface area contributed by atoms with Gasteiger partial charge in [0.05, 0.1) is 11.1 Å². The first kappa shape index (κ1) is 11.9. The van der Waals surface area contributed by atoms with Crippen LogP contribution in [0, 0.1) is 5.82 Å². The van der Waals surface area contributed by atoms with Gasteiger partial charge in [-0.1, -0.05) is 23.7 Å². The molecule has 0 spiro atoms. The summed E-state index contributed by atoms with van der Waals surface area (Å²) < 4.78 is 13.4. The first-order valence-electron chi connectivity index (χ1n) is 4.48. The molecule has 0 radical (unpaired) electrons. The van der Waals surface area contributed by atoms with Crippen molar-refractivity contribution >= 4 is 17.5 Å². The first-order chi connectivity index (χ1) is 7.02. The van der Waals surface area contributed by atoms with Gasteiger partial charge < -0.3 is 11.1 Å². The van der Waals surface area contributed by atoms with E-state index in [0.717, 1.165) is 0 Å². The van der Waals surface area contributed by atoms with Crippen molar-refractivity contribution in [3.05, 3.63) is 34.6 Å². The predicted molar refractivity (Wildman–Crippen MR) is 56.9 cm³/mol. The number of primary amides is 1. The smallest absolute Gasteiger partial charge is 0.234 e. The number of hydrogen-bond acceptors (Lipinski definition) is 2. The molecule has 3 nitrogen and oxygen atoms in total. The van der Waals surface area contributed by atoms with E-state index in [1.54, 1.807) is 19.1 Å². The summed E-state index contributed by atoms with van der Waals surface area (Å²) in [7, 11) is 0. The van der Waals surface area contributed by atoms with Crippen LogP contribution >= 0.6 is 11.6 Å². The molecule has 0 aromatic heterocycles. The number of carbonyl (C=O) groups is 1. The SMILES string of the molecule is C[C@H](NCc1cccc(Cl)c1F)C(N)=O. The zero-order valence-corrected chi connectivity index (χ0v) is 9.01. The second-order valence-corrected chi connectivity index (χ2v) is 3.63. The van der Waals surface area contributed by atoms with E-state index in [1.807, 2.05) is 0 Å². The van der Waals surface area contributed by atoms with E-state index in [0.29, 0.717) is 5.56 Å². The molecule has 1 atom stereocenters. The molecule has 0 aliphatic carbocycles. The third-order valence-corrected chi connectivity index (χ3v) is 2.35. The summed E-state index contributed by atoms with van der Waals surface area (Å²) >= 11 is 5.60. The molecular formula is C10H12ClFN2O. The number of hydrogen-bond donors (Lipinski definition) is 2. The number of halogens is 2. The molecule has 82 valence electrons. The minimum absolute atomic E-state index is 0.0704. The van der Waals surface area contributed by atoms with Gasteiger partial charge in [0.25, 0.3) is 0 Å². The predicted octanol–water partition coefficient (Wildman–Crippen LogP) is 1.44. The zero-order chi connectivity index (χ0) is 11.4. The van der Waals surface area contributed by atoms with Gasteiger partial charge in [-0.25, -0.2) is 4.39 Å². The lowest BCUT2D eigenvalue weighted by Crippen LogP contribution is -2.38. The Balaban J connectivity index is 2.66. The van der Waals surface area contributed by atoms with Crippen LogP contribution in [0.2, 0.25) is 5.02 Å². The van der Waals surface area contributed by atoms with E-state index in [4.69, 9.17) is 17.3 Å². The fourth-order valence-electron chi connectivity index (χ4n) is 1.05. The normalized spacial score (nSPS) is 12.5. The highest BCUT2D eigenvalue weighted by atomic mass is 35.5. The van der Waals surface area contributed by atoms with Crippen molar-refractivity contribution in [2.24, 2.45) is 5.73 Å². The van der Waals surface area contributed by atoms with Gasteiger partial charge in [0, 0.05) is 12.1 Å². The lowest BCUT2D eigenvalue weighted by atomic mass is 10.2. The van der Waals surface area contributed by atoms with E-state index in [9.17, 15) is 9.18 Å². The Morgan fingerprint density at radius 2 is 2.33 bits per heavy atom. The molecule has 1 rings (SSSR count). The first-order valence-corrected chi connectivity index (χ1v) is 4.85. The Morgan fingerprint density at radius 1 is 1.67 bits per heavy atom. The van der Waals surface area contributed by atoms with Crippen molar-refractivity contribution in [3.8, 4) is 0 Å². The summed E-state index contributed by atoms with van der Waals surface area (Å²) in [6.07, 6.45) is 0. The number of amides is 1. The van der Waals surface area contributed by atoms with Crippen molar-refractivity contribution in [2.75, 3.05) is 0 Å². The largest absolute Gasteiger partial charge is 0.368 e. The standard InChI is InChI=1S/C10H12ClFN2O/c1-6(10(13)15)14-5-7-3-2-4-8(11)9(7)12/h2-4,6,14H,5H2,1H3,(H2,13,15)/t6-/m0/s1. The van der Waals surface area contributed by atoms with Crippen molar-refractivity contribution in [1.29, 1.82) is 0 Å². The molecule has 1 aromatic rings. The van der Waals surface area contributed by atoms with Gasteiger partial charge in [-0.3, -0.25) is 4.79 Å². The molecule has 0 saturated carbocycles. The van der Waals surface area contributed by atoms with E-state index in [-0.39, 0.29) is 11.6 Å². The van der Waals surface area contributed by atoms with Gasteiger partial charge in [-0.15, -0.1) is 0 Å². The molecule has 5 heteroatoms. The molecule has 1 aromatic carbocycles. The van der Waals surface area contributed by atoms with Crippen LogP contribution in [0.4, 0.5) is 4.39 Å². The maximum absolute atomic E-state index is 13.4. The molecule has 15 heavy (non-hydrogen) atoms. The monoisotopic (exact) mass is 230 g/mol. The highest BCUT2D eigenvalue weighted by Gasteiger charge is 2.10. The molecule has 0 aliphatic heterocycles. The van der Waals surface area contributed by atoms with Crippen molar-refractivity contribution in [2.45, 2.75) is 19.5 Å². The van der Waals surface area contributed by atoms with Crippen LogP contribution in [0.1, 0.15) is 12.5 Å². The molecular weight excluding hydrogens is 219 g/mol. The van der Waals surface area contributed by atoms with Crippen LogP contribution in [0.5, 0.6) is 0 Å². The lowest BCUT2D eigenvalue weighted by molar-refractivity contribution is -0.119. The Hall–Kier alpha value is -1.13. The van der Waals surface area contributed by atoms with Gasteiger partial charge in [0.15, 0.2) is 0 Å². The maximum Gasteiger partial charge on any atom is 0.234 e. The zero-order valence-electron chi connectivity index (χ0n) is 8.26. The maximum atomic E-state index is 13.4. The lowest BCUT2D eigenvalue weighted by Gasteiger charge is -2.10. The Bertz CT molecular complexity index is 370. The van der Waals surface area contributed by atoms with Gasteiger partial charge >= 0.3 is 0 Å². The van der Waals surface area contributed by atoms with Crippen LogP contribution in [0.15, 0.2) is 18.2 Å². The van der Waals surface area contributed by atoms with Crippen LogP contribution in [0.3, 0.4) is 0 Å². The Kier molecular flexibility index (Phi) is 4.05. The summed E-state index contributed by atoms with van der Waals surface area (Å²) in [5, 5.41) is 2.86. The average Bonchev–Trinajstić information content (AvgIpc) is 2.19. The van der Waals surface area contributed by atoms with Gasteiger partial charge in [0.1, 0.15) is 5.82 Å². The van der Waals surface area contributed by atoms with Crippen LogP contribution < -0.4 is 11.1 Å². The summed E-state index contributed by atoms with van der Waals surface area (Å²) in [4.78, 5) is 10.7. The molecule has 3 N–H and O–H groups in total. The van der Waals surface area contributed by atoms with Crippen LogP contribution in [0.25, 0.3) is 0 Å². The number of carbonyl (C=O) groups excluding carboxylic acids is 1. The molecule has 0 aliphatic rings. The molecule has 1 amide bonds. The Labute approximate surface area is 92.4 Å².